The minimum absolute atomic E-state index is 0.0114. The fraction of sp³-hybridized carbons (Fsp3) is 0.300. The fourth-order valence-corrected chi connectivity index (χ4v) is 2.35. The first-order valence-corrected chi connectivity index (χ1v) is 5.43. The van der Waals surface area contributed by atoms with Crippen molar-refractivity contribution >= 4 is 27.9 Å². The molecule has 1 aliphatic rings. The highest BCUT2D eigenvalue weighted by atomic mass is 79.9. The van der Waals surface area contributed by atoms with Crippen LogP contribution in [-0.4, -0.2) is 18.3 Å². The van der Waals surface area contributed by atoms with E-state index in [-0.39, 0.29) is 11.4 Å². The van der Waals surface area contributed by atoms with Gasteiger partial charge in [0.25, 0.3) is 0 Å². The highest BCUT2D eigenvalue weighted by molar-refractivity contribution is 9.09. The molecular formula is C10H8BrF2NO2. The molecule has 86 valence electrons. The van der Waals surface area contributed by atoms with Crippen molar-refractivity contribution < 1.29 is 18.3 Å². The summed E-state index contributed by atoms with van der Waals surface area (Å²) in [5, 5.41) is 2.67. The van der Waals surface area contributed by atoms with Gasteiger partial charge in [-0.25, -0.2) is 4.39 Å². The Morgan fingerprint density at radius 1 is 1.50 bits per heavy atom. The van der Waals surface area contributed by atoms with Gasteiger partial charge in [-0.05, 0) is 11.6 Å². The summed E-state index contributed by atoms with van der Waals surface area (Å²) in [6.07, 6.45) is 0.676. The molecule has 0 aliphatic carbocycles. The van der Waals surface area contributed by atoms with Crippen LogP contribution in [-0.2, 0) is 4.79 Å². The van der Waals surface area contributed by atoms with Crippen LogP contribution in [0.4, 0.5) is 14.5 Å². The molecule has 2 atom stereocenters. The molecule has 0 amide bonds. The molecule has 0 radical (unpaired) electrons. The molecule has 6 heteroatoms. The number of rotatable bonds is 2. The van der Waals surface area contributed by atoms with E-state index >= 15 is 0 Å². The van der Waals surface area contributed by atoms with Gasteiger partial charge >= 0.3 is 0 Å². The summed E-state index contributed by atoms with van der Waals surface area (Å²) in [6.45, 7) is 0. The van der Waals surface area contributed by atoms with Crippen molar-refractivity contribution in [1.82, 2.24) is 0 Å². The smallest absolute Gasteiger partial charge is 0.202 e. The van der Waals surface area contributed by atoms with Gasteiger partial charge in [0.15, 0.2) is 11.6 Å². The third kappa shape index (κ3) is 1.48. The van der Waals surface area contributed by atoms with Gasteiger partial charge in [0, 0.05) is 0 Å². The van der Waals surface area contributed by atoms with E-state index in [1.54, 1.807) is 0 Å². The average Bonchev–Trinajstić information content (AvgIpc) is 2.59. The first kappa shape index (κ1) is 11.3. The van der Waals surface area contributed by atoms with Crippen LogP contribution < -0.4 is 10.1 Å². The third-order valence-corrected chi connectivity index (χ3v) is 3.33. The maximum atomic E-state index is 13.6. The largest absolute Gasteiger partial charge is 0.494 e. The number of carbonyl (C=O) groups is 1. The first-order valence-electron chi connectivity index (χ1n) is 4.52. The number of methoxy groups -OCH3 is 1. The number of hydrogen-bond donors (Lipinski definition) is 1. The van der Waals surface area contributed by atoms with E-state index < -0.39 is 22.5 Å². The Morgan fingerprint density at radius 2 is 2.19 bits per heavy atom. The Bertz CT molecular complexity index is 453. The topological polar surface area (TPSA) is 38.3 Å². The van der Waals surface area contributed by atoms with Gasteiger partial charge in [-0.2, -0.15) is 4.39 Å². The average molecular weight is 292 g/mol. The number of nitrogens with one attached hydrogen (secondary N) is 1. The van der Waals surface area contributed by atoms with E-state index in [4.69, 9.17) is 4.74 Å². The minimum atomic E-state index is -1.06. The summed E-state index contributed by atoms with van der Waals surface area (Å²) in [5.41, 5.74) is 0.407. The van der Waals surface area contributed by atoms with Gasteiger partial charge in [0.05, 0.1) is 23.7 Å². The number of hydrogen-bond acceptors (Lipinski definition) is 3. The molecule has 0 aromatic heterocycles. The number of halogens is 3. The second kappa shape index (κ2) is 4.01. The molecule has 0 spiro atoms. The van der Waals surface area contributed by atoms with E-state index in [0.717, 1.165) is 0 Å². The molecule has 3 nitrogen and oxygen atoms in total. The predicted molar refractivity (Wildman–Crippen MR) is 58.1 cm³/mol. The van der Waals surface area contributed by atoms with Crippen LogP contribution in [0, 0.1) is 11.6 Å². The normalized spacial score (nSPS) is 22.5. The molecule has 1 heterocycles. The van der Waals surface area contributed by atoms with Crippen molar-refractivity contribution in [2.75, 3.05) is 12.4 Å². The number of benzene rings is 1. The maximum Gasteiger partial charge on any atom is 0.202 e. The van der Waals surface area contributed by atoms with Crippen molar-refractivity contribution in [3.05, 3.63) is 23.3 Å². The van der Waals surface area contributed by atoms with Gasteiger partial charge < -0.3 is 14.8 Å². The van der Waals surface area contributed by atoms with Gasteiger partial charge in [-0.3, -0.25) is 0 Å². The van der Waals surface area contributed by atoms with E-state index in [2.05, 4.69) is 21.2 Å². The summed E-state index contributed by atoms with van der Waals surface area (Å²) >= 11 is 3.18. The number of aldehydes is 1. The summed E-state index contributed by atoms with van der Waals surface area (Å²) in [6, 6.07) is 1.33. The lowest BCUT2D eigenvalue weighted by Gasteiger charge is -2.08. The molecule has 0 saturated carbocycles. The van der Waals surface area contributed by atoms with Gasteiger partial charge in [-0.1, -0.05) is 15.9 Å². The quantitative estimate of drug-likeness (QED) is 0.517. The van der Waals surface area contributed by atoms with Crippen LogP contribution >= 0.6 is 15.9 Å². The lowest BCUT2D eigenvalue weighted by Crippen LogP contribution is -2.13. The Kier molecular flexibility index (Phi) is 2.84. The van der Waals surface area contributed by atoms with E-state index in [1.807, 2.05) is 0 Å². The van der Waals surface area contributed by atoms with Crippen LogP contribution in [0.25, 0.3) is 0 Å². The van der Waals surface area contributed by atoms with Crippen LogP contribution in [0.15, 0.2) is 6.07 Å². The Labute approximate surface area is 98.9 Å². The van der Waals surface area contributed by atoms with Gasteiger partial charge in [0.2, 0.25) is 5.82 Å². The molecule has 0 fully saturated rings. The maximum absolute atomic E-state index is 13.6. The van der Waals surface area contributed by atoms with Crippen molar-refractivity contribution in [3.8, 4) is 5.75 Å². The van der Waals surface area contributed by atoms with E-state index in [0.29, 0.717) is 11.8 Å². The lowest BCUT2D eigenvalue weighted by molar-refractivity contribution is -0.108. The zero-order chi connectivity index (χ0) is 11.9. The fourth-order valence-electron chi connectivity index (χ4n) is 1.71. The van der Waals surface area contributed by atoms with Crippen LogP contribution in [0.1, 0.15) is 11.5 Å². The highest BCUT2D eigenvalue weighted by Gasteiger charge is 2.34. The van der Waals surface area contributed by atoms with Crippen LogP contribution in [0.2, 0.25) is 0 Å². The van der Waals surface area contributed by atoms with Crippen molar-refractivity contribution in [2.45, 2.75) is 10.9 Å². The number of ether oxygens (including phenoxy) is 1. The monoisotopic (exact) mass is 291 g/mol. The molecule has 1 aromatic carbocycles. The van der Waals surface area contributed by atoms with Gasteiger partial charge in [-0.15, -0.1) is 0 Å². The summed E-state index contributed by atoms with van der Waals surface area (Å²) in [5.74, 6) is -2.84. The van der Waals surface area contributed by atoms with Crippen LogP contribution in [0.5, 0.6) is 5.75 Å². The Balaban J connectivity index is 2.62. The SMILES string of the molecule is COc1cc2c(c(F)c1F)NC(Br)C2C=O. The molecule has 1 N–H and O–H groups in total. The predicted octanol–water partition coefficient (Wildman–Crippen LogP) is 2.40. The molecule has 1 aliphatic heterocycles. The molecule has 16 heavy (non-hydrogen) atoms. The summed E-state index contributed by atoms with van der Waals surface area (Å²) in [4.78, 5) is 10.4. The number of carbonyl (C=O) groups excluding carboxylic acids is 1. The summed E-state index contributed by atoms with van der Waals surface area (Å²) < 4.78 is 31.7. The Morgan fingerprint density at radius 3 is 2.75 bits per heavy atom. The Hall–Kier alpha value is -1.17. The van der Waals surface area contributed by atoms with E-state index in [1.165, 1.54) is 13.2 Å². The molecular weight excluding hydrogens is 284 g/mol. The second-order valence-corrected chi connectivity index (χ2v) is 4.37. The van der Waals surface area contributed by atoms with Crippen LogP contribution in [0.3, 0.4) is 0 Å². The number of anilines is 1. The second-order valence-electron chi connectivity index (χ2n) is 3.38. The van der Waals surface area contributed by atoms with E-state index in [9.17, 15) is 13.6 Å². The zero-order valence-electron chi connectivity index (χ0n) is 8.26. The lowest BCUT2D eigenvalue weighted by atomic mass is 10.0. The number of alkyl halides is 1. The number of fused-ring (bicyclic) bond motifs is 1. The molecule has 1 aromatic rings. The standard InChI is InChI=1S/C10H8BrF2NO2/c1-16-6-2-4-5(3-15)10(11)14-9(4)8(13)7(6)12/h2-3,5,10,14H,1H3. The summed E-state index contributed by atoms with van der Waals surface area (Å²) in [7, 11) is 1.24. The molecule has 0 saturated heterocycles. The molecule has 2 rings (SSSR count). The van der Waals surface area contributed by atoms with Gasteiger partial charge in [0.1, 0.15) is 6.29 Å². The van der Waals surface area contributed by atoms with Crippen molar-refractivity contribution in [2.24, 2.45) is 0 Å². The third-order valence-electron chi connectivity index (χ3n) is 2.53. The zero-order valence-corrected chi connectivity index (χ0v) is 9.85. The molecule has 0 bridgehead atoms. The minimum Gasteiger partial charge on any atom is -0.494 e. The van der Waals surface area contributed by atoms with Crippen molar-refractivity contribution in [3.63, 3.8) is 0 Å². The first-order chi connectivity index (χ1) is 7.60. The molecule has 2 unspecified atom stereocenters. The van der Waals surface area contributed by atoms with Crippen molar-refractivity contribution in [1.29, 1.82) is 0 Å². The highest BCUT2D eigenvalue weighted by Crippen LogP contribution is 2.42.